The number of nitro benzene ring substituents is 1. The van der Waals surface area contributed by atoms with E-state index in [4.69, 9.17) is 11.6 Å². The molecule has 0 amide bonds. The molecule has 0 heterocycles. The van der Waals surface area contributed by atoms with Gasteiger partial charge in [0, 0.05) is 5.56 Å². The van der Waals surface area contributed by atoms with Crippen LogP contribution in [0.15, 0.2) is 17.7 Å². The Bertz CT molecular complexity index is 652. The molecule has 0 radical (unpaired) electrons. The van der Waals surface area contributed by atoms with Gasteiger partial charge in [-0.25, -0.2) is 0 Å². The lowest BCUT2D eigenvalue weighted by atomic mass is 9.87. The number of allylic oxidation sites excluding steroid dienone is 1. The fraction of sp³-hybridized carbons (Fsp3) is 0.400. The van der Waals surface area contributed by atoms with Crippen molar-refractivity contribution in [3.63, 3.8) is 0 Å². The van der Waals surface area contributed by atoms with Crippen LogP contribution < -0.4 is 0 Å². The summed E-state index contributed by atoms with van der Waals surface area (Å²) in [5, 5.41) is 31.0. The van der Waals surface area contributed by atoms with Gasteiger partial charge in [-0.05, 0) is 30.9 Å². The highest BCUT2D eigenvalue weighted by Crippen LogP contribution is 2.36. The van der Waals surface area contributed by atoms with Gasteiger partial charge in [0.15, 0.2) is 0 Å². The molecule has 0 aliphatic rings. The molecule has 112 valence electrons. The van der Waals surface area contributed by atoms with Crippen molar-refractivity contribution in [2.45, 2.75) is 34.1 Å². The van der Waals surface area contributed by atoms with Crippen LogP contribution in [0.25, 0.3) is 5.76 Å². The molecule has 0 saturated heterocycles. The minimum atomic E-state index is -0.598. The van der Waals surface area contributed by atoms with E-state index < -0.39 is 4.92 Å². The first-order chi connectivity index (χ1) is 9.58. The van der Waals surface area contributed by atoms with Crippen molar-refractivity contribution in [2.24, 2.45) is 5.41 Å². The van der Waals surface area contributed by atoms with Gasteiger partial charge < -0.3 is 5.11 Å². The third-order valence-corrected chi connectivity index (χ3v) is 3.34. The van der Waals surface area contributed by atoms with Crippen LogP contribution >= 0.6 is 11.6 Å². The molecule has 1 aromatic carbocycles. The van der Waals surface area contributed by atoms with Crippen LogP contribution in [0, 0.1) is 33.8 Å². The second-order valence-corrected chi connectivity index (χ2v) is 6.41. The van der Waals surface area contributed by atoms with Crippen molar-refractivity contribution in [1.29, 1.82) is 5.26 Å². The fourth-order valence-electron chi connectivity index (χ4n) is 1.97. The summed E-state index contributed by atoms with van der Waals surface area (Å²) in [6.07, 6.45) is 0.314. The number of aliphatic hydroxyl groups is 1. The summed E-state index contributed by atoms with van der Waals surface area (Å²) in [7, 11) is 0. The van der Waals surface area contributed by atoms with E-state index in [9.17, 15) is 20.5 Å². The van der Waals surface area contributed by atoms with E-state index in [2.05, 4.69) is 0 Å². The van der Waals surface area contributed by atoms with Crippen molar-refractivity contribution < 1.29 is 10.0 Å². The molecule has 0 bridgehead atoms. The Morgan fingerprint density at radius 2 is 2.05 bits per heavy atom. The molecule has 1 aromatic rings. The number of hydrogen-bond acceptors (Lipinski definition) is 4. The molecule has 0 aliphatic carbocycles. The second kappa shape index (κ2) is 6.15. The van der Waals surface area contributed by atoms with Crippen molar-refractivity contribution >= 4 is 23.0 Å². The van der Waals surface area contributed by atoms with E-state index >= 15 is 0 Å². The second-order valence-electron chi connectivity index (χ2n) is 6.00. The highest BCUT2D eigenvalue weighted by Gasteiger charge is 2.25. The molecule has 0 fully saturated rings. The van der Waals surface area contributed by atoms with Crippen molar-refractivity contribution in [2.75, 3.05) is 0 Å². The first kappa shape index (κ1) is 17.0. The molecule has 1 N–H and O–H groups in total. The predicted octanol–water partition coefficient (Wildman–Crippen LogP) is 4.79. The highest BCUT2D eigenvalue weighted by atomic mass is 35.5. The molecule has 0 unspecified atom stereocenters. The van der Waals surface area contributed by atoms with Crippen molar-refractivity contribution in [3.8, 4) is 6.07 Å². The van der Waals surface area contributed by atoms with Gasteiger partial charge in [-0.15, -0.1) is 0 Å². The number of aliphatic hydroxyl groups excluding tert-OH is 1. The number of nitrogens with zero attached hydrogens (tertiary/aromatic N) is 2. The molecule has 0 aliphatic heterocycles. The Hall–Kier alpha value is -2.06. The molecule has 0 spiro atoms. The van der Waals surface area contributed by atoms with Crippen LogP contribution in [0.5, 0.6) is 0 Å². The van der Waals surface area contributed by atoms with Crippen LogP contribution in [-0.4, -0.2) is 10.0 Å². The largest absolute Gasteiger partial charge is 0.506 e. The lowest BCUT2D eigenvalue weighted by molar-refractivity contribution is -0.385. The normalized spacial score (nSPS) is 12.6. The van der Waals surface area contributed by atoms with Gasteiger partial charge in [0.05, 0.1) is 27.2 Å². The molecular formula is C15H17ClN2O3. The molecule has 6 heteroatoms. The average Bonchev–Trinajstić information content (AvgIpc) is 2.36. The summed E-state index contributed by atoms with van der Waals surface area (Å²) < 4.78 is 0. The van der Waals surface area contributed by atoms with E-state index in [-0.39, 0.29) is 38.6 Å². The van der Waals surface area contributed by atoms with E-state index in [1.807, 2.05) is 26.8 Å². The SMILES string of the molecule is Cc1c(Cl)ccc(C(O)=C(C#N)CC(C)(C)C)c1[N+](=O)[O-]. The number of benzene rings is 1. The average molecular weight is 309 g/mol. The third kappa shape index (κ3) is 3.96. The van der Waals surface area contributed by atoms with Gasteiger partial charge in [-0.1, -0.05) is 32.4 Å². The maximum atomic E-state index is 11.2. The molecule has 5 nitrogen and oxygen atoms in total. The van der Waals surface area contributed by atoms with Gasteiger partial charge >= 0.3 is 0 Å². The molecule has 1 rings (SSSR count). The Morgan fingerprint density at radius 3 is 2.48 bits per heavy atom. The molecule has 0 aromatic heterocycles. The standard InChI is InChI=1S/C15H17ClN2O3/c1-9-12(16)6-5-11(13(9)18(20)21)14(19)10(8-17)7-15(2,3)4/h5-6,19H,7H2,1-4H3. The maximum Gasteiger partial charge on any atom is 0.284 e. The van der Waals surface area contributed by atoms with E-state index in [1.165, 1.54) is 19.1 Å². The zero-order valence-electron chi connectivity index (χ0n) is 12.4. The van der Waals surface area contributed by atoms with Gasteiger partial charge in [0.2, 0.25) is 0 Å². The van der Waals surface area contributed by atoms with E-state index in [1.54, 1.807) is 0 Å². The minimum absolute atomic E-state index is 0.0164. The number of halogens is 1. The molecule has 21 heavy (non-hydrogen) atoms. The van der Waals surface area contributed by atoms with E-state index in [0.29, 0.717) is 6.42 Å². The molecule has 0 atom stereocenters. The topological polar surface area (TPSA) is 87.2 Å². The van der Waals surface area contributed by atoms with Gasteiger partial charge in [-0.2, -0.15) is 5.26 Å². The Balaban J connectivity index is 3.56. The lowest BCUT2D eigenvalue weighted by Gasteiger charge is -2.18. The highest BCUT2D eigenvalue weighted by molar-refractivity contribution is 6.31. The first-order valence-corrected chi connectivity index (χ1v) is 6.72. The monoisotopic (exact) mass is 308 g/mol. The first-order valence-electron chi connectivity index (χ1n) is 6.34. The predicted molar refractivity (Wildman–Crippen MR) is 82.1 cm³/mol. The Kier molecular flexibility index (Phi) is 4.97. The number of nitriles is 1. The van der Waals surface area contributed by atoms with Crippen LogP contribution in [0.2, 0.25) is 5.02 Å². The van der Waals surface area contributed by atoms with Crippen LogP contribution in [0.1, 0.15) is 38.3 Å². The Morgan fingerprint density at radius 1 is 1.48 bits per heavy atom. The smallest absolute Gasteiger partial charge is 0.284 e. The zero-order valence-corrected chi connectivity index (χ0v) is 13.2. The number of rotatable bonds is 3. The van der Waals surface area contributed by atoms with Crippen molar-refractivity contribution in [3.05, 3.63) is 44.0 Å². The van der Waals surface area contributed by atoms with Crippen LogP contribution in [0.3, 0.4) is 0 Å². The Labute approximate surface area is 128 Å². The summed E-state index contributed by atoms with van der Waals surface area (Å²) in [6, 6.07) is 4.77. The summed E-state index contributed by atoms with van der Waals surface area (Å²) in [5.41, 5.74) is -0.106. The third-order valence-electron chi connectivity index (χ3n) is 2.93. The summed E-state index contributed by atoms with van der Waals surface area (Å²) >= 11 is 5.89. The van der Waals surface area contributed by atoms with Gasteiger partial charge in [0.1, 0.15) is 5.76 Å². The quantitative estimate of drug-likeness (QED) is 0.376. The van der Waals surface area contributed by atoms with E-state index in [0.717, 1.165) is 0 Å². The summed E-state index contributed by atoms with van der Waals surface area (Å²) in [6.45, 7) is 7.25. The fourth-order valence-corrected chi connectivity index (χ4v) is 2.12. The zero-order chi connectivity index (χ0) is 16.4. The number of hydrogen-bond donors (Lipinski definition) is 1. The lowest BCUT2D eigenvalue weighted by Crippen LogP contribution is -2.08. The summed E-state index contributed by atoms with van der Waals surface area (Å²) in [5.74, 6) is -0.362. The van der Waals surface area contributed by atoms with Crippen LogP contribution in [0.4, 0.5) is 5.69 Å². The van der Waals surface area contributed by atoms with Gasteiger partial charge in [-0.3, -0.25) is 10.1 Å². The number of nitro groups is 1. The van der Waals surface area contributed by atoms with Crippen molar-refractivity contribution in [1.82, 2.24) is 0 Å². The maximum absolute atomic E-state index is 11.2. The van der Waals surface area contributed by atoms with Gasteiger partial charge in [0.25, 0.3) is 5.69 Å². The molecule has 0 saturated carbocycles. The van der Waals surface area contributed by atoms with Crippen LogP contribution in [-0.2, 0) is 0 Å². The minimum Gasteiger partial charge on any atom is -0.506 e. The molecular weight excluding hydrogens is 292 g/mol. The summed E-state index contributed by atoms with van der Waals surface area (Å²) in [4.78, 5) is 10.6.